The molecule has 0 heterocycles. The first-order valence-corrected chi connectivity index (χ1v) is 9.07. The second-order valence-electron chi connectivity index (χ2n) is 7.18. The molecule has 1 N–H and O–H groups in total. The van der Waals surface area contributed by atoms with Gasteiger partial charge in [0.2, 0.25) is 5.91 Å². The van der Waals surface area contributed by atoms with E-state index in [2.05, 4.69) is 5.32 Å². The van der Waals surface area contributed by atoms with Crippen LogP contribution in [0.4, 0.5) is 22.0 Å². The van der Waals surface area contributed by atoms with E-state index in [-0.39, 0.29) is 6.54 Å². The number of rotatable bonds is 6. The van der Waals surface area contributed by atoms with Gasteiger partial charge in [0.25, 0.3) is 5.91 Å². The second kappa shape index (κ2) is 9.23. The lowest BCUT2D eigenvalue weighted by Crippen LogP contribution is -2.50. The zero-order valence-corrected chi connectivity index (χ0v) is 16.6. The second-order valence-corrected chi connectivity index (χ2v) is 7.18. The Balaban J connectivity index is 2.13. The van der Waals surface area contributed by atoms with E-state index in [0.717, 1.165) is 30.3 Å². The van der Waals surface area contributed by atoms with Crippen molar-refractivity contribution < 1.29 is 31.5 Å². The normalized spacial score (nSPS) is 12.6. The molecule has 0 fully saturated rings. The highest BCUT2D eigenvalue weighted by atomic mass is 19.4. The molecule has 0 aliphatic carbocycles. The number of carbonyl (C=O) groups excluding carboxylic acids is 2. The van der Waals surface area contributed by atoms with E-state index in [1.165, 1.54) is 24.1 Å². The van der Waals surface area contributed by atoms with Crippen molar-refractivity contribution in [2.45, 2.75) is 32.6 Å². The van der Waals surface area contributed by atoms with Gasteiger partial charge in [-0.15, -0.1) is 0 Å². The van der Waals surface area contributed by atoms with Gasteiger partial charge in [0.05, 0.1) is 5.56 Å². The molecule has 0 radical (unpaired) electrons. The fraction of sp³-hybridized carbons (Fsp3) is 0.333. The predicted octanol–water partition coefficient (Wildman–Crippen LogP) is 4.40. The van der Waals surface area contributed by atoms with Gasteiger partial charge in [-0.1, -0.05) is 32.0 Å². The molecule has 4 nitrogen and oxygen atoms in total. The fourth-order valence-electron chi connectivity index (χ4n) is 2.83. The molecule has 0 spiro atoms. The summed E-state index contributed by atoms with van der Waals surface area (Å²) < 4.78 is 65.7. The van der Waals surface area contributed by atoms with E-state index in [4.69, 9.17) is 0 Å². The van der Waals surface area contributed by atoms with E-state index in [0.29, 0.717) is 5.56 Å². The SMILES string of the molecule is CC(C)[C@@H](NC(=O)c1c(F)cccc1F)C(=O)N(C)Cc1ccc(C(F)(F)F)cc1. The number of alkyl halides is 3. The van der Waals surface area contributed by atoms with Gasteiger partial charge in [-0.05, 0) is 35.7 Å². The Bertz CT molecular complexity index is 890. The van der Waals surface area contributed by atoms with Crippen LogP contribution in [0, 0.1) is 17.6 Å². The van der Waals surface area contributed by atoms with Gasteiger partial charge < -0.3 is 10.2 Å². The average Bonchev–Trinajstić information content (AvgIpc) is 2.64. The topological polar surface area (TPSA) is 49.4 Å². The zero-order valence-electron chi connectivity index (χ0n) is 16.6. The van der Waals surface area contributed by atoms with Gasteiger partial charge in [-0.25, -0.2) is 8.78 Å². The van der Waals surface area contributed by atoms with Crippen molar-refractivity contribution in [1.29, 1.82) is 0 Å². The number of nitrogens with zero attached hydrogens (tertiary/aromatic N) is 1. The largest absolute Gasteiger partial charge is 0.416 e. The number of hydrogen-bond acceptors (Lipinski definition) is 2. The van der Waals surface area contributed by atoms with Gasteiger partial charge in [0, 0.05) is 13.6 Å². The van der Waals surface area contributed by atoms with Crippen LogP contribution in [0.3, 0.4) is 0 Å². The van der Waals surface area contributed by atoms with Crippen LogP contribution in [-0.2, 0) is 17.5 Å². The lowest BCUT2D eigenvalue weighted by Gasteiger charge is -2.27. The Morgan fingerprint density at radius 1 is 1.00 bits per heavy atom. The highest BCUT2D eigenvalue weighted by Gasteiger charge is 2.31. The van der Waals surface area contributed by atoms with Crippen molar-refractivity contribution in [3.63, 3.8) is 0 Å². The molecule has 0 unspecified atom stereocenters. The van der Waals surface area contributed by atoms with E-state index in [1.54, 1.807) is 13.8 Å². The minimum Gasteiger partial charge on any atom is -0.340 e. The van der Waals surface area contributed by atoms with Crippen LogP contribution in [-0.4, -0.2) is 29.8 Å². The first-order chi connectivity index (χ1) is 13.9. The summed E-state index contributed by atoms with van der Waals surface area (Å²) in [6.45, 7) is 3.28. The maximum atomic E-state index is 13.8. The molecule has 0 aliphatic heterocycles. The van der Waals surface area contributed by atoms with Crippen molar-refractivity contribution >= 4 is 11.8 Å². The van der Waals surface area contributed by atoms with E-state index < -0.39 is 52.7 Å². The standard InChI is InChI=1S/C21H21F5N2O2/c1-12(2)18(27-19(29)17-15(22)5-4-6-16(17)23)20(30)28(3)11-13-7-9-14(10-8-13)21(24,25)26/h4-10,12,18H,11H2,1-3H3,(H,27,29)/t18-/m1/s1. The lowest BCUT2D eigenvalue weighted by atomic mass is 10.0. The molecule has 2 amide bonds. The van der Waals surface area contributed by atoms with Gasteiger partial charge in [0.1, 0.15) is 23.2 Å². The molecule has 9 heteroatoms. The minimum absolute atomic E-state index is 0.00980. The van der Waals surface area contributed by atoms with Crippen LogP contribution in [0.1, 0.15) is 35.3 Å². The Hall–Kier alpha value is -2.97. The maximum absolute atomic E-state index is 13.8. The van der Waals surface area contributed by atoms with Crippen molar-refractivity contribution in [3.8, 4) is 0 Å². The molecule has 30 heavy (non-hydrogen) atoms. The predicted molar refractivity (Wildman–Crippen MR) is 100 cm³/mol. The third-order valence-corrected chi connectivity index (χ3v) is 4.49. The summed E-state index contributed by atoms with van der Waals surface area (Å²) >= 11 is 0. The highest BCUT2D eigenvalue weighted by molar-refractivity contribution is 5.98. The van der Waals surface area contributed by atoms with Gasteiger partial charge >= 0.3 is 6.18 Å². The first-order valence-electron chi connectivity index (χ1n) is 9.07. The number of likely N-dealkylation sites (N-methyl/N-ethyl adjacent to an activating group) is 1. The first kappa shape index (κ1) is 23.3. The Kier molecular flexibility index (Phi) is 7.17. The summed E-state index contributed by atoms with van der Waals surface area (Å²) in [5, 5.41) is 2.35. The third kappa shape index (κ3) is 5.55. The van der Waals surface area contributed by atoms with Gasteiger partial charge in [0.15, 0.2) is 0 Å². The average molecular weight is 428 g/mol. The Morgan fingerprint density at radius 3 is 2.00 bits per heavy atom. The summed E-state index contributed by atoms with van der Waals surface area (Å²) in [5.74, 6) is -4.14. The third-order valence-electron chi connectivity index (χ3n) is 4.49. The van der Waals surface area contributed by atoms with Crippen molar-refractivity contribution in [2.75, 3.05) is 7.05 Å². The molecule has 2 aromatic rings. The summed E-state index contributed by atoms with van der Waals surface area (Å²) in [6.07, 6.45) is -4.46. The maximum Gasteiger partial charge on any atom is 0.416 e. The molecule has 1 atom stereocenters. The number of halogens is 5. The zero-order chi connectivity index (χ0) is 22.6. The Morgan fingerprint density at radius 2 is 1.53 bits per heavy atom. The van der Waals surface area contributed by atoms with Crippen LogP contribution in [0.15, 0.2) is 42.5 Å². The van der Waals surface area contributed by atoms with E-state index >= 15 is 0 Å². The van der Waals surface area contributed by atoms with E-state index in [1.807, 2.05) is 0 Å². The van der Waals surface area contributed by atoms with Gasteiger partial charge in [-0.3, -0.25) is 9.59 Å². The lowest BCUT2D eigenvalue weighted by molar-refractivity contribution is -0.137. The smallest absolute Gasteiger partial charge is 0.340 e. The molecule has 0 saturated carbocycles. The van der Waals surface area contributed by atoms with Crippen molar-refractivity contribution in [1.82, 2.24) is 10.2 Å². The van der Waals surface area contributed by atoms with Crippen molar-refractivity contribution in [3.05, 3.63) is 70.8 Å². The molecule has 2 rings (SSSR count). The summed E-state index contributed by atoms with van der Waals surface area (Å²) in [6, 6.07) is 6.23. The molecular formula is C21H21F5N2O2. The van der Waals surface area contributed by atoms with Crippen LogP contribution in [0.2, 0.25) is 0 Å². The molecule has 162 valence electrons. The fourth-order valence-corrected chi connectivity index (χ4v) is 2.83. The molecule has 0 bridgehead atoms. The molecular weight excluding hydrogens is 407 g/mol. The molecule has 2 aromatic carbocycles. The molecule has 0 aromatic heterocycles. The minimum atomic E-state index is -4.46. The summed E-state index contributed by atoms with van der Waals surface area (Å²) in [5.41, 5.74) is -1.14. The number of amides is 2. The van der Waals surface area contributed by atoms with Crippen molar-refractivity contribution in [2.24, 2.45) is 5.92 Å². The van der Waals surface area contributed by atoms with Crippen LogP contribution >= 0.6 is 0 Å². The van der Waals surface area contributed by atoms with Crippen LogP contribution in [0.5, 0.6) is 0 Å². The quantitative estimate of drug-likeness (QED) is 0.694. The number of hydrogen-bond donors (Lipinski definition) is 1. The highest BCUT2D eigenvalue weighted by Crippen LogP contribution is 2.29. The number of carbonyl (C=O) groups is 2. The molecule has 0 aliphatic rings. The monoisotopic (exact) mass is 428 g/mol. The van der Waals surface area contributed by atoms with Crippen LogP contribution < -0.4 is 5.32 Å². The summed E-state index contributed by atoms with van der Waals surface area (Å²) in [7, 11) is 1.42. The number of nitrogens with one attached hydrogen (secondary N) is 1. The van der Waals surface area contributed by atoms with Crippen LogP contribution in [0.25, 0.3) is 0 Å². The summed E-state index contributed by atoms with van der Waals surface area (Å²) in [4.78, 5) is 26.4. The van der Waals surface area contributed by atoms with E-state index in [9.17, 15) is 31.5 Å². The Labute approximate surface area is 170 Å². The number of benzene rings is 2. The van der Waals surface area contributed by atoms with Gasteiger partial charge in [-0.2, -0.15) is 13.2 Å². The molecule has 0 saturated heterocycles.